The number of hydrogen-bond acceptors (Lipinski definition) is 4. The first kappa shape index (κ1) is 16.0. The van der Waals surface area contributed by atoms with Crippen LogP contribution in [0.1, 0.15) is 5.69 Å². The van der Waals surface area contributed by atoms with E-state index in [1.807, 2.05) is 17.4 Å². The van der Waals surface area contributed by atoms with Gasteiger partial charge in [0.25, 0.3) is 0 Å². The van der Waals surface area contributed by atoms with Crippen molar-refractivity contribution in [2.75, 3.05) is 0 Å². The predicted octanol–water partition coefficient (Wildman–Crippen LogP) is -0.133. The molecule has 4 N–H and O–H groups in total. The van der Waals surface area contributed by atoms with Crippen LogP contribution >= 0.6 is 0 Å². The highest BCUT2D eigenvalue weighted by Gasteiger charge is 2.18. The van der Waals surface area contributed by atoms with Crippen LogP contribution in [-0.2, 0) is 0 Å². The van der Waals surface area contributed by atoms with Crippen molar-refractivity contribution in [1.82, 2.24) is 0 Å². The van der Waals surface area contributed by atoms with Crippen molar-refractivity contribution in [3.05, 3.63) is 48.3 Å². The molecular formula is C18H14ClNO4. The molecule has 2 aromatic carbocycles. The molecular weight excluding hydrogens is 330 g/mol. The SMILES string of the molecule is Cc1c2cc(O)c(O)cc2cc2c3ccc(O)c(O)c3cc[n+]12.[Cl-]. The van der Waals surface area contributed by atoms with Gasteiger partial charge in [-0.05, 0) is 29.7 Å². The normalized spacial score (nSPS) is 11.0. The van der Waals surface area contributed by atoms with Crippen LogP contribution in [0.3, 0.4) is 0 Å². The number of aromatic nitrogens is 1. The van der Waals surface area contributed by atoms with E-state index < -0.39 is 0 Å². The van der Waals surface area contributed by atoms with Crippen molar-refractivity contribution in [2.45, 2.75) is 6.92 Å². The molecule has 0 amide bonds. The van der Waals surface area contributed by atoms with Gasteiger partial charge in [-0.15, -0.1) is 0 Å². The van der Waals surface area contributed by atoms with Crippen molar-refractivity contribution in [3.63, 3.8) is 0 Å². The molecule has 0 bridgehead atoms. The van der Waals surface area contributed by atoms with Gasteiger partial charge in [0.05, 0.1) is 10.8 Å². The summed E-state index contributed by atoms with van der Waals surface area (Å²) in [6.07, 6.45) is 1.80. The fraction of sp³-hybridized carbons (Fsp3) is 0.0556. The number of pyridine rings is 2. The third-order valence-electron chi connectivity index (χ3n) is 4.31. The van der Waals surface area contributed by atoms with Crippen LogP contribution in [0.2, 0.25) is 0 Å². The van der Waals surface area contributed by atoms with Gasteiger partial charge in [-0.2, -0.15) is 4.40 Å². The van der Waals surface area contributed by atoms with Crippen LogP contribution in [0, 0.1) is 6.92 Å². The zero-order valence-electron chi connectivity index (χ0n) is 12.7. The molecule has 0 aliphatic rings. The molecule has 0 fully saturated rings. The summed E-state index contributed by atoms with van der Waals surface area (Å²) in [4.78, 5) is 0. The number of aromatic hydroxyl groups is 4. The van der Waals surface area contributed by atoms with Crippen molar-refractivity contribution in [1.29, 1.82) is 0 Å². The standard InChI is InChI=1S/C18H13NO4.ClH/c1-9-13-8-17(22)16(21)7-10(13)6-14-11-2-3-15(20)18(23)12(11)4-5-19(9)14;/h2-8H,1H3,(H3,20,21,22,23);1H. The third kappa shape index (κ3) is 2.06. The molecule has 0 spiro atoms. The Morgan fingerprint density at radius 2 is 1.46 bits per heavy atom. The van der Waals surface area contributed by atoms with E-state index in [2.05, 4.69) is 0 Å². The highest BCUT2D eigenvalue weighted by Crippen LogP contribution is 2.36. The Hall–Kier alpha value is -2.92. The van der Waals surface area contributed by atoms with Crippen LogP contribution in [0.5, 0.6) is 23.0 Å². The molecule has 2 heterocycles. The van der Waals surface area contributed by atoms with Crippen molar-refractivity contribution in [2.24, 2.45) is 0 Å². The molecule has 0 unspecified atom stereocenters. The minimum atomic E-state index is -0.179. The first-order valence-corrected chi connectivity index (χ1v) is 7.11. The summed E-state index contributed by atoms with van der Waals surface area (Å²) >= 11 is 0. The lowest BCUT2D eigenvalue weighted by Crippen LogP contribution is -3.00. The van der Waals surface area contributed by atoms with Crippen LogP contribution in [0.25, 0.3) is 27.1 Å². The number of aryl methyl sites for hydroxylation is 1. The number of halogens is 1. The Labute approximate surface area is 143 Å². The summed E-state index contributed by atoms with van der Waals surface area (Å²) in [5.74, 6) is -0.663. The third-order valence-corrected chi connectivity index (χ3v) is 4.31. The van der Waals surface area contributed by atoms with Crippen molar-refractivity contribution in [3.8, 4) is 23.0 Å². The van der Waals surface area contributed by atoms with E-state index in [9.17, 15) is 20.4 Å². The van der Waals surface area contributed by atoms with Gasteiger partial charge in [-0.3, -0.25) is 0 Å². The smallest absolute Gasteiger partial charge is 0.219 e. The van der Waals surface area contributed by atoms with Gasteiger partial charge >= 0.3 is 0 Å². The molecule has 2 aromatic heterocycles. The minimum absolute atomic E-state index is 0. The number of phenols is 4. The Bertz CT molecular complexity index is 1120. The quantitative estimate of drug-likeness (QED) is 0.155. The molecule has 0 atom stereocenters. The van der Waals surface area contributed by atoms with Crippen LogP contribution in [0.15, 0.2) is 42.6 Å². The maximum Gasteiger partial charge on any atom is 0.219 e. The molecule has 0 saturated heterocycles. The van der Waals surface area contributed by atoms with E-state index in [1.54, 1.807) is 18.3 Å². The van der Waals surface area contributed by atoms with E-state index in [0.717, 1.165) is 27.4 Å². The molecule has 5 nitrogen and oxygen atoms in total. The number of phenolic OH excluding ortho intramolecular Hbond substituents is 4. The average Bonchev–Trinajstić information content (AvgIpc) is 2.53. The number of hydrogen-bond donors (Lipinski definition) is 4. The van der Waals surface area contributed by atoms with E-state index in [-0.39, 0.29) is 35.4 Å². The first-order chi connectivity index (χ1) is 11.0. The summed E-state index contributed by atoms with van der Waals surface area (Å²) in [5.41, 5.74) is 1.72. The van der Waals surface area contributed by atoms with E-state index in [4.69, 9.17) is 0 Å². The summed E-state index contributed by atoms with van der Waals surface area (Å²) < 4.78 is 1.94. The van der Waals surface area contributed by atoms with E-state index in [0.29, 0.717) is 5.39 Å². The van der Waals surface area contributed by atoms with Gasteiger partial charge < -0.3 is 32.8 Å². The highest BCUT2D eigenvalue weighted by atomic mass is 35.5. The molecule has 122 valence electrons. The fourth-order valence-electron chi connectivity index (χ4n) is 3.09. The van der Waals surface area contributed by atoms with Gasteiger partial charge in [-0.25, -0.2) is 0 Å². The molecule has 4 rings (SSSR count). The second kappa shape index (κ2) is 5.32. The van der Waals surface area contributed by atoms with E-state index in [1.165, 1.54) is 18.2 Å². The zero-order chi connectivity index (χ0) is 16.3. The lowest BCUT2D eigenvalue weighted by Gasteiger charge is -2.07. The molecule has 0 radical (unpaired) electrons. The lowest BCUT2D eigenvalue weighted by molar-refractivity contribution is -0.516. The summed E-state index contributed by atoms with van der Waals surface area (Å²) in [5, 5.41) is 42.1. The van der Waals surface area contributed by atoms with Gasteiger partial charge in [0.2, 0.25) is 5.52 Å². The summed E-state index contributed by atoms with van der Waals surface area (Å²) in [6.45, 7) is 1.91. The molecule has 0 aliphatic carbocycles. The largest absolute Gasteiger partial charge is 1.00 e. The van der Waals surface area contributed by atoms with Crippen LogP contribution < -0.4 is 16.8 Å². The molecule has 0 saturated carbocycles. The number of nitrogens with zero attached hydrogens (tertiary/aromatic N) is 1. The number of rotatable bonds is 0. The Balaban J connectivity index is 0.00000169. The highest BCUT2D eigenvalue weighted by molar-refractivity contribution is 6.01. The maximum absolute atomic E-state index is 10.0. The second-order valence-corrected chi connectivity index (χ2v) is 5.62. The Kier molecular flexibility index (Phi) is 3.53. The zero-order valence-corrected chi connectivity index (χ0v) is 13.4. The summed E-state index contributed by atoms with van der Waals surface area (Å²) in [6, 6.07) is 9.84. The van der Waals surface area contributed by atoms with Crippen molar-refractivity contribution < 1.29 is 37.2 Å². The number of benzene rings is 2. The van der Waals surface area contributed by atoms with Gasteiger partial charge in [-0.1, -0.05) is 0 Å². The Morgan fingerprint density at radius 3 is 2.21 bits per heavy atom. The molecule has 4 aromatic rings. The predicted molar refractivity (Wildman–Crippen MR) is 86.0 cm³/mol. The average molecular weight is 344 g/mol. The van der Waals surface area contributed by atoms with Gasteiger partial charge in [0, 0.05) is 24.4 Å². The fourth-order valence-corrected chi connectivity index (χ4v) is 3.09. The lowest BCUT2D eigenvalue weighted by atomic mass is 10.0. The first-order valence-electron chi connectivity index (χ1n) is 7.11. The topological polar surface area (TPSA) is 85.0 Å². The Morgan fingerprint density at radius 1 is 0.750 bits per heavy atom. The number of fused-ring (bicyclic) bond motifs is 4. The van der Waals surface area contributed by atoms with Crippen LogP contribution in [-0.4, -0.2) is 20.4 Å². The van der Waals surface area contributed by atoms with E-state index >= 15 is 0 Å². The van der Waals surface area contributed by atoms with Crippen LogP contribution in [0.4, 0.5) is 0 Å². The second-order valence-electron chi connectivity index (χ2n) is 5.62. The molecule has 6 heteroatoms. The molecule has 24 heavy (non-hydrogen) atoms. The van der Waals surface area contributed by atoms with Gasteiger partial charge in [0.15, 0.2) is 34.9 Å². The van der Waals surface area contributed by atoms with Gasteiger partial charge in [0.1, 0.15) is 0 Å². The van der Waals surface area contributed by atoms with Crippen molar-refractivity contribution >= 4 is 27.1 Å². The minimum Gasteiger partial charge on any atom is -1.00 e. The monoisotopic (exact) mass is 343 g/mol. The maximum atomic E-state index is 10.0. The molecule has 0 aliphatic heterocycles. The summed E-state index contributed by atoms with van der Waals surface area (Å²) in [7, 11) is 0.